The third-order valence-electron chi connectivity index (χ3n) is 7.38. The molecule has 0 spiro atoms. The smallest absolute Gasteiger partial charge is 0.259 e. The summed E-state index contributed by atoms with van der Waals surface area (Å²) in [6, 6.07) is 7.91. The number of rotatable bonds is 5. The minimum absolute atomic E-state index is 0.0466. The highest BCUT2D eigenvalue weighted by Gasteiger charge is 2.41. The summed E-state index contributed by atoms with van der Waals surface area (Å²) in [4.78, 5) is 24.8. The van der Waals surface area contributed by atoms with Crippen LogP contribution in [0.3, 0.4) is 0 Å². The summed E-state index contributed by atoms with van der Waals surface area (Å²) in [7, 11) is -4.44. The monoisotopic (exact) mass is 501 g/mol. The third kappa shape index (κ3) is 4.84. The van der Waals surface area contributed by atoms with Gasteiger partial charge in [0.2, 0.25) is 16.6 Å². The van der Waals surface area contributed by atoms with Crippen LogP contribution < -0.4 is 14.2 Å². The van der Waals surface area contributed by atoms with Gasteiger partial charge in [0.15, 0.2) is 0 Å². The minimum atomic E-state index is -2.22. The van der Waals surface area contributed by atoms with Gasteiger partial charge >= 0.3 is 0 Å². The zero-order valence-corrected chi connectivity index (χ0v) is 23.9. The second-order valence-electron chi connectivity index (χ2n) is 12.0. The van der Waals surface area contributed by atoms with Crippen molar-refractivity contribution >= 4 is 28.4 Å². The number of fused-ring (bicyclic) bond motifs is 1. The molecule has 0 saturated carbocycles. The third-order valence-corrected chi connectivity index (χ3v) is 16.1. The lowest BCUT2D eigenvalue weighted by Crippen LogP contribution is -2.44. The van der Waals surface area contributed by atoms with Crippen LogP contribution in [0.5, 0.6) is 11.5 Å². The standard InChI is InChI=1S/C26H36FNO4Si2/c1-25(2,3)33(7,8)31-17-13-16(14-18(15-17)32-34(9,10)26(4,5)6)21-20(27)12-11-19-22(21)24(30)28-23(19)29/h11-15H,1-10H3,(H,28,29,30). The number of hydrogen-bond donors (Lipinski definition) is 1. The molecule has 0 saturated heterocycles. The number of amides is 2. The number of nitrogens with one attached hydrogen (secondary N) is 1. The number of halogens is 1. The number of benzene rings is 2. The Balaban J connectivity index is 2.23. The van der Waals surface area contributed by atoms with Crippen molar-refractivity contribution < 1.29 is 22.8 Å². The van der Waals surface area contributed by atoms with Crippen LogP contribution in [0.2, 0.25) is 36.3 Å². The average Bonchev–Trinajstić information content (AvgIpc) is 2.92. The molecule has 0 aromatic heterocycles. The second kappa shape index (κ2) is 8.34. The molecule has 3 rings (SSSR count). The van der Waals surface area contributed by atoms with Crippen molar-refractivity contribution in [2.75, 3.05) is 0 Å². The molecule has 2 aromatic rings. The molecule has 0 radical (unpaired) electrons. The maximum absolute atomic E-state index is 15.2. The molecule has 0 unspecified atom stereocenters. The van der Waals surface area contributed by atoms with Crippen molar-refractivity contribution in [2.24, 2.45) is 0 Å². The fourth-order valence-electron chi connectivity index (χ4n) is 3.25. The van der Waals surface area contributed by atoms with Crippen molar-refractivity contribution in [2.45, 2.75) is 77.8 Å². The molecular weight excluding hydrogens is 465 g/mol. The van der Waals surface area contributed by atoms with Crippen LogP contribution in [0.25, 0.3) is 11.1 Å². The Morgan fingerprint density at radius 2 is 1.21 bits per heavy atom. The van der Waals surface area contributed by atoms with Crippen LogP contribution in [0.1, 0.15) is 62.3 Å². The van der Waals surface area contributed by atoms with E-state index in [1.54, 1.807) is 12.1 Å². The SMILES string of the molecule is CC(C)(C)[Si](C)(C)Oc1cc(O[Si](C)(C)C(C)(C)C)cc(-c2c(F)ccc3c2C(=O)NC3=O)c1. The number of carbonyl (C=O) groups excluding carboxylic acids is 2. The van der Waals surface area contributed by atoms with E-state index in [4.69, 9.17) is 8.85 Å². The molecule has 5 nitrogen and oxygen atoms in total. The van der Waals surface area contributed by atoms with Gasteiger partial charge in [-0.2, -0.15) is 0 Å². The first kappa shape index (κ1) is 26.2. The summed E-state index contributed by atoms with van der Waals surface area (Å²) < 4.78 is 28.3. The molecule has 2 amide bonds. The van der Waals surface area contributed by atoms with Gasteiger partial charge < -0.3 is 8.85 Å². The van der Waals surface area contributed by atoms with E-state index < -0.39 is 34.3 Å². The van der Waals surface area contributed by atoms with Gasteiger partial charge in [-0.05, 0) is 66.1 Å². The molecule has 1 aliphatic rings. The number of carbonyl (C=O) groups is 2. The van der Waals surface area contributed by atoms with Gasteiger partial charge in [0.25, 0.3) is 11.8 Å². The van der Waals surface area contributed by atoms with E-state index in [-0.39, 0.29) is 26.8 Å². The zero-order chi connectivity index (χ0) is 25.9. The first-order chi connectivity index (χ1) is 15.3. The van der Waals surface area contributed by atoms with Crippen LogP contribution in [-0.2, 0) is 0 Å². The van der Waals surface area contributed by atoms with Crippen molar-refractivity contribution in [3.8, 4) is 22.6 Å². The lowest BCUT2D eigenvalue weighted by molar-refractivity contribution is 0.0879. The van der Waals surface area contributed by atoms with E-state index in [1.165, 1.54) is 12.1 Å². The fourth-order valence-corrected chi connectivity index (χ4v) is 5.27. The molecule has 34 heavy (non-hydrogen) atoms. The Bertz CT molecular complexity index is 1110. The van der Waals surface area contributed by atoms with Gasteiger partial charge in [0, 0.05) is 11.6 Å². The molecule has 1 heterocycles. The Labute approximate surface area is 204 Å². The Morgan fingerprint density at radius 3 is 1.65 bits per heavy atom. The van der Waals surface area contributed by atoms with Crippen molar-refractivity contribution in [1.82, 2.24) is 5.32 Å². The van der Waals surface area contributed by atoms with Gasteiger partial charge in [-0.15, -0.1) is 0 Å². The van der Waals surface area contributed by atoms with E-state index in [1.807, 2.05) is 6.07 Å². The highest BCUT2D eigenvalue weighted by atomic mass is 28.4. The van der Waals surface area contributed by atoms with E-state index in [9.17, 15) is 9.59 Å². The summed E-state index contributed by atoms with van der Waals surface area (Å²) in [5, 5.41) is 2.18. The molecular formula is C26H36FNO4Si2. The molecule has 0 bridgehead atoms. The molecule has 2 aromatic carbocycles. The lowest BCUT2D eigenvalue weighted by atomic mass is 9.95. The zero-order valence-electron chi connectivity index (χ0n) is 21.9. The summed E-state index contributed by atoms with van der Waals surface area (Å²) in [5.41, 5.74) is 0.752. The minimum Gasteiger partial charge on any atom is -0.543 e. The highest BCUT2D eigenvalue weighted by Crippen LogP contribution is 2.43. The molecule has 0 aliphatic carbocycles. The van der Waals surface area contributed by atoms with Crippen LogP contribution in [0.4, 0.5) is 4.39 Å². The Morgan fingerprint density at radius 1 is 0.735 bits per heavy atom. The topological polar surface area (TPSA) is 64.6 Å². The van der Waals surface area contributed by atoms with Gasteiger partial charge in [0.05, 0.1) is 11.1 Å². The van der Waals surface area contributed by atoms with Gasteiger partial charge in [0.1, 0.15) is 17.3 Å². The predicted octanol–water partition coefficient (Wildman–Crippen LogP) is 7.14. The van der Waals surface area contributed by atoms with Gasteiger partial charge in [-0.3, -0.25) is 14.9 Å². The summed E-state index contributed by atoms with van der Waals surface area (Å²) >= 11 is 0. The molecule has 1 N–H and O–H groups in total. The first-order valence-corrected chi connectivity index (χ1v) is 17.4. The maximum Gasteiger partial charge on any atom is 0.259 e. The van der Waals surface area contributed by atoms with Gasteiger partial charge in [-0.1, -0.05) is 41.5 Å². The molecule has 184 valence electrons. The van der Waals surface area contributed by atoms with Crippen molar-refractivity contribution in [1.29, 1.82) is 0 Å². The quantitative estimate of drug-likeness (QED) is 0.349. The normalized spacial score (nSPS) is 14.7. The number of hydrogen-bond acceptors (Lipinski definition) is 4. The maximum atomic E-state index is 15.2. The lowest BCUT2D eigenvalue weighted by Gasteiger charge is -2.38. The first-order valence-electron chi connectivity index (χ1n) is 11.6. The second-order valence-corrected chi connectivity index (χ2v) is 21.5. The largest absolute Gasteiger partial charge is 0.543 e. The number of imide groups is 1. The molecule has 0 fully saturated rings. The van der Waals surface area contributed by atoms with Crippen molar-refractivity contribution in [3.05, 3.63) is 47.3 Å². The summed E-state index contributed by atoms with van der Waals surface area (Å²) in [5.74, 6) is -0.560. The van der Waals surface area contributed by atoms with Crippen LogP contribution in [0.15, 0.2) is 30.3 Å². The summed E-state index contributed by atoms with van der Waals surface area (Å²) in [6.07, 6.45) is 0. The van der Waals surface area contributed by atoms with E-state index >= 15 is 4.39 Å². The molecule has 0 atom stereocenters. The average molecular weight is 502 g/mol. The van der Waals surface area contributed by atoms with E-state index in [0.29, 0.717) is 17.1 Å². The fraction of sp³-hybridized carbons (Fsp3) is 0.462. The predicted molar refractivity (Wildman–Crippen MR) is 139 cm³/mol. The van der Waals surface area contributed by atoms with E-state index in [0.717, 1.165) is 0 Å². The van der Waals surface area contributed by atoms with Gasteiger partial charge in [-0.25, -0.2) is 4.39 Å². The summed E-state index contributed by atoms with van der Waals surface area (Å²) in [6.45, 7) is 21.5. The van der Waals surface area contributed by atoms with Crippen LogP contribution in [-0.4, -0.2) is 28.4 Å². The van der Waals surface area contributed by atoms with Crippen LogP contribution >= 0.6 is 0 Å². The Kier molecular flexibility index (Phi) is 6.41. The van der Waals surface area contributed by atoms with Crippen molar-refractivity contribution in [3.63, 3.8) is 0 Å². The van der Waals surface area contributed by atoms with Crippen LogP contribution in [0, 0.1) is 5.82 Å². The van der Waals surface area contributed by atoms with E-state index in [2.05, 4.69) is 73.0 Å². The highest BCUT2D eigenvalue weighted by molar-refractivity contribution is 6.75. The molecule has 1 aliphatic heterocycles. The Hall–Kier alpha value is -2.46. The molecule has 8 heteroatoms.